The van der Waals surface area contributed by atoms with E-state index in [0.717, 1.165) is 0 Å². The molecule has 0 radical (unpaired) electrons. The van der Waals surface area contributed by atoms with Crippen molar-refractivity contribution in [2.75, 3.05) is 0 Å². The molecule has 224 valence electrons. The summed E-state index contributed by atoms with van der Waals surface area (Å²) in [4.78, 5) is 0. The first kappa shape index (κ1) is 27.6. The predicted octanol–water partition coefficient (Wildman–Crippen LogP) is 12.8. The zero-order chi connectivity index (χ0) is 31.8. The number of hydrogen-bond acceptors (Lipinski definition) is 0. The van der Waals surface area contributed by atoms with E-state index in [9.17, 15) is 0 Å². The summed E-state index contributed by atoms with van der Waals surface area (Å²) in [7, 11) is 0. The van der Waals surface area contributed by atoms with E-state index in [1.165, 1.54) is 104 Å². The van der Waals surface area contributed by atoms with E-state index in [1.807, 2.05) is 0 Å². The van der Waals surface area contributed by atoms with Gasteiger partial charge >= 0.3 is 0 Å². The minimum atomic E-state index is 1.23. The predicted molar refractivity (Wildman–Crippen MR) is 203 cm³/mol. The SMILES string of the molecule is Cc1cc2c(-c3cc4ccccc4cc3-c3ccccc3)c3cc(C)c(C)cc3c(-n3c4ccccc4c4ccccc43)c2cc1C. The fraction of sp³-hybridized carbons (Fsp3) is 0.0870. The Bertz CT molecular complexity index is 2580. The van der Waals surface area contributed by atoms with E-state index >= 15 is 0 Å². The van der Waals surface area contributed by atoms with Crippen molar-refractivity contribution in [1.29, 1.82) is 0 Å². The van der Waals surface area contributed by atoms with Crippen molar-refractivity contribution >= 4 is 54.1 Å². The maximum Gasteiger partial charge on any atom is 0.0619 e. The molecule has 0 fully saturated rings. The van der Waals surface area contributed by atoms with E-state index in [1.54, 1.807) is 0 Å². The molecule has 0 spiro atoms. The van der Waals surface area contributed by atoms with Crippen LogP contribution < -0.4 is 0 Å². The Kier molecular flexibility index (Phi) is 6.14. The average Bonchev–Trinajstić information content (AvgIpc) is 3.43. The van der Waals surface area contributed by atoms with Crippen LogP contribution in [0.3, 0.4) is 0 Å². The standard InChI is InChI=1S/C46H35N/c1-28-22-38-41(24-30(28)3)46(47-43-20-12-10-18-35(43)36-19-11-13-21-44(36)47)42-25-31(4)29(2)23-39(42)45(38)40-27-34-17-9-8-16-33(34)26-37(40)32-14-6-5-7-15-32/h5-27H,1-4H3. The largest absolute Gasteiger partial charge is 0.308 e. The number of nitrogens with zero attached hydrogens (tertiary/aromatic N) is 1. The van der Waals surface area contributed by atoms with Crippen LogP contribution in [0.1, 0.15) is 22.3 Å². The fourth-order valence-corrected chi connectivity index (χ4v) is 7.73. The monoisotopic (exact) mass is 601 g/mol. The molecule has 8 aromatic carbocycles. The van der Waals surface area contributed by atoms with Gasteiger partial charge in [-0.2, -0.15) is 0 Å². The van der Waals surface area contributed by atoms with Gasteiger partial charge in [-0.05, 0) is 130 Å². The zero-order valence-electron chi connectivity index (χ0n) is 27.2. The third-order valence-corrected chi connectivity index (χ3v) is 10.4. The molecule has 0 unspecified atom stereocenters. The van der Waals surface area contributed by atoms with E-state index < -0.39 is 0 Å². The van der Waals surface area contributed by atoms with Crippen LogP contribution in [-0.2, 0) is 0 Å². The van der Waals surface area contributed by atoms with Gasteiger partial charge in [0.25, 0.3) is 0 Å². The minimum absolute atomic E-state index is 1.23. The van der Waals surface area contributed by atoms with Crippen molar-refractivity contribution in [2.24, 2.45) is 0 Å². The maximum atomic E-state index is 2.53. The van der Waals surface area contributed by atoms with E-state index in [0.29, 0.717) is 0 Å². The van der Waals surface area contributed by atoms with Gasteiger partial charge in [-0.3, -0.25) is 0 Å². The van der Waals surface area contributed by atoms with Crippen molar-refractivity contribution in [3.63, 3.8) is 0 Å². The van der Waals surface area contributed by atoms with Crippen LogP contribution in [0.25, 0.3) is 82.1 Å². The first-order valence-electron chi connectivity index (χ1n) is 16.5. The fourth-order valence-electron chi connectivity index (χ4n) is 7.73. The van der Waals surface area contributed by atoms with Gasteiger partial charge in [0.05, 0.1) is 16.7 Å². The van der Waals surface area contributed by atoms with Gasteiger partial charge < -0.3 is 4.57 Å². The molecule has 9 aromatic rings. The van der Waals surface area contributed by atoms with E-state index in [4.69, 9.17) is 0 Å². The van der Waals surface area contributed by atoms with E-state index in [2.05, 4.69) is 172 Å². The van der Waals surface area contributed by atoms with Crippen molar-refractivity contribution in [3.8, 4) is 27.9 Å². The number of rotatable bonds is 3. The van der Waals surface area contributed by atoms with Gasteiger partial charge in [-0.25, -0.2) is 0 Å². The highest BCUT2D eigenvalue weighted by atomic mass is 15.0. The highest BCUT2D eigenvalue weighted by molar-refractivity contribution is 6.23. The molecule has 0 aliphatic carbocycles. The smallest absolute Gasteiger partial charge is 0.0619 e. The quantitative estimate of drug-likeness (QED) is 0.178. The highest BCUT2D eigenvalue weighted by Crippen LogP contribution is 2.48. The van der Waals surface area contributed by atoms with Gasteiger partial charge in [-0.1, -0.05) is 103 Å². The number of aromatic nitrogens is 1. The van der Waals surface area contributed by atoms with E-state index in [-0.39, 0.29) is 0 Å². The first-order chi connectivity index (χ1) is 23.0. The normalized spacial score (nSPS) is 11.8. The maximum absolute atomic E-state index is 2.53. The molecule has 0 N–H and O–H groups in total. The summed E-state index contributed by atoms with van der Waals surface area (Å²) in [5.74, 6) is 0. The number of aryl methyl sites for hydroxylation is 4. The van der Waals surface area contributed by atoms with Crippen LogP contribution >= 0.6 is 0 Å². The molecule has 47 heavy (non-hydrogen) atoms. The van der Waals surface area contributed by atoms with Crippen LogP contribution in [0.15, 0.2) is 140 Å². The van der Waals surface area contributed by atoms with Crippen LogP contribution in [0.5, 0.6) is 0 Å². The van der Waals surface area contributed by atoms with Gasteiger partial charge in [-0.15, -0.1) is 0 Å². The van der Waals surface area contributed by atoms with Crippen molar-refractivity contribution in [1.82, 2.24) is 4.57 Å². The third kappa shape index (κ3) is 4.16. The molecule has 1 nitrogen and oxygen atoms in total. The summed E-state index contributed by atoms with van der Waals surface area (Å²) in [6, 6.07) is 52.0. The molecule has 0 aliphatic rings. The van der Waals surface area contributed by atoms with Gasteiger partial charge in [0.1, 0.15) is 0 Å². The van der Waals surface area contributed by atoms with Gasteiger partial charge in [0.2, 0.25) is 0 Å². The Hall–Kier alpha value is -5.66. The van der Waals surface area contributed by atoms with Crippen LogP contribution in [0.4, 0.5) is 0 Å². The molecule has 0 saturated heterocycles. The number of fused-ring (bicyclic) bond motifs is 6. The lowest BCUT2D eigenvalue weighted by molar-refractivity contribution is 1.21. The molecule has 0 amide bonds. The molecular weight excluding hydrogens is 567 g/mol. The Labute approximate surface area is 275 Å². The second kappa shape index (κ2) is 10.4. The lowest BCUT2D eigenvalue weighted by Crippen LogP contribution is -2.01. The van der Waals surface area contributed by atoms with Gasteiger partial charge in [0.15, 0.2) is 0 Å². The Morgan fingerprint density at radius 1 is 0.362 bits per heavy atom. The molecule has 1 heteroatoms. The minimum Gasteiger partial charge on any atom is -0.308 e. The Balaban J connectivity index is 1.55. The molecule has 0 atom stereocenters. The van der Waals surface area contributed by atoms with Crippen LogP contribution in [0.2, 0.25) is 0 Å². The van der Waals surface area contributed by atoms with Crippen molar-refractivity contribution < 1.29 is 0 Å². The summed E-state index contributed by atoms with van der Waals surface area (Å²) >= 11 is 0. The number of para-hydroxylation sites is 2. The second-order valence-corrected chi connectivity index (χ2v) is 13.2. The highest BCUT2D eigenvalue weighted by Gasteiger charge is 2.23. The summed E-state index contributed by atoms with van der Waals surface area (Å²) < 4.78 is 2.53. The zero-order valence-corrected chi connectivity index (χ0v) is 27.2. The van der Waals surface area contributed by atoms with Crippen LogP contribution in [-0.4, -0.2) is 4.57 Å². The first-order valence-corrected chi connectivity index (χ1v) is 16.5. The molecule has 0 bridgehead atoms. The molecule has 1 heterocycles. The van der Waals surface area contributed by atoms with Gasteiger partial charge in [0, 0.05) is 21.5 Å². The molecule has 0 aliphatic heterocycles. The van der Waals surface area contributed by atoms with Crippen LogP contribution in [0, 0.1) is 27.7 Å². The lowest BCUT2D eigenvalue weighted by Gasteiger charge is -2.23. The summed E-state index contributed by atoms with van der Waals surface area (Å²) in [5.41, 5.74) is 14.0. The molecule has 1 aromatic heterocycles. The number of benzene rings is 8. The third-order valence-electron chi connectivity index (χ3n) is 10.4. The van der Waals surface area contributed by atoms with Crippen molar-refractivity contribution in [3.05, 3.63) is 162 Å². The summed E-state index contributed by atoms with van der Waals surface area (Å²) in [6.45, 7) is 9.00. The molecule has 0 saturated carbocycles. The topological polar surface area (TPSA) is 4.93 Å². The Morgan fingerprint density at radius 3 is 1.32 bits per heavy atom. The second-order valence-electron chi connectivity index (χ2n) is 13.2. The Morgan fingerprint density at radius 2 is 0.787 bits per heavy atom. The van der Waals surface area contributed by atoms with Crippen molar-refractivity contribution in [2.45, 2.75) is 27.7 Å². The number of hydrogen-bond donors (Lipinski definition) is 0. The molecule has 9 rings (SSSR count). The molecular formula is C46H35N. The summed E-state index contributed by atoms with van der Waals surface area (Å²) in [5, 5.41) is 10.2. The summed E-state index contributed by atoms with van der Waals surface area (Å²) in [6.07, 6.45) is 0. The lowest BCUT2D eigenvalue weighted by atomic mass is 9.83. The average molecular weight is 602 g/mol.